The van der Waals surface area contributed by atoms with Gasteiger partial charge in [-0.2, -0.15) is 5.10 Å². The molecule has 0 saturated heterocycles. The third-order valence-corrected chi connectivity index (χ3v) is 2.39. The van der Waals surface area contributed by atoms with Gasteiger partial charge >= 0.3 is 11.7 Å². The molecule has 100 valence electrons. The molecule has 0 bridgehead atoms. The second-order valence-electron chi connectivity index (χ2n) is 3.80. The van der Waals surface area contributed by atoms with Crippen molar-refractivity contribution in [2.24, 2.45) is 5.92 Å². The van der Waals surface area contributed by atoms with Crippen LogP contribution in [0.25, 0.3) is 0 Å². The van der Waals surface area contributed by atoms with Crippen LogP contribution in [0.1, 0.15) is 24.7 Å². The van der Waals surface area contributed by atoms with E-state index in [-0.39, 0.29) is 12.2 Å². The Morgan fingerprint density at radius 3 is 2.56 bits per heavy atom. The van der Waals surface area contributed by atoms with E-state index < -0.39 is 34.6 Å². The highest BCUT2D eigenvalue weighted by molar-refractivity contribution is 5.69. The Labute approximate surface area is 100 Å². The highest BCUT2D eigenvalue weighted by atomic mass is 19.3. The van der Waals surface area contributed by atoms with Crippen molar-refractivity contribution in [2.45, 2.75) is 26.8 Å². The minimum atomic E-state index is -3.09. The summed E-state index contributed by atoms with van der Waals surface area (Å²) in [4.78, 5) is 20.4. The average Bonchev–Trinajstić information content (AvgIpc) is 2.54. The number of aliphatic carboxylic acids is 1. The summed E-state index contributed by atoms with van der Waals surface area (Å²) in [5, 5.41) is 23.0. The SMILES string of the molecule is Cc1nn(C[C@H](C)C(=O)O)c(C(F)F)c1[N+](=O)[O-]. The number of carboxylic acid groups (broad SMARTS) is 1. The van der Waals surface area contributed by atoms with Gasteiger partial charge in [0, 0.05) is 0 Å². The number of rotatable bonds is 5. The van der Waals surface area contributed by atoms with Gasteiger partial charge in [0.15, 0.2) is 5.69 Å². The minimum absolute atomic E-state index is 0.159. The Hall–Kier alpha value is -2.06. The lowest BCUT2D eigenvalue weighted by molar-refractivity contribution is -0.387. The predicted octanol–water partition coefficient (Wildman–Crippen LogP) is 1.76. The van der Waals surface area contributed by atoms with E-state index in [9.17, 15) is 23.7 Å². The number of hydrogen-bond acceptors (Lipinski definition) is 4. The molecule has 1 rings (SSSR count). The maximum Gasteiger partial charge on any atom is 0.318 e. The van der Waals surface area contributed by atoms with E-state index >= 15 is 0 Å². The molecule has 0 aliphatic rings. The number of aromatic nitrogens is 2. The lowest BCUT2D eigenvalue weighted by atomic mass is 10.2. The van der Waals surface area contributed by atoms with Crippen molar-refractivity contribution in [3.8, 4) is 0 Å². The Kier molecular flexibility index (Phi) is 3.94. The van der Waals surface area contributed by atoms with Crippen LogP contribution in [-0.4, -0.2) is 25.8 Å². The molecule has 1 N–H and O–H groups in total. The largest absolute Gasteiger partial charge is 0.481 e. The minimum Gasteiger partial charge on any atom is -0.481 e. The highest BCUT2D eigenvalue weighted by Gasteiger charge is 2.32. The number of hydrogen-bond donors (Lipinski definition) is 1. The van der Waals surface area contributed by atoms with Crippen LogP contribution in [-0.2, 0) is 11.3 Å². The summed E-state index contributed by atoms with van der Waals surface area (Å²) >= 11 is 0. The van der Waals surface area contributed by atoms with Crippen molar-refractivity contribution in [1.29, 1.82) is 0 Å². The number of halogens is 2. The number of aryl methyl sites for hydroxylation is 1. The molecular formula is C9H11F2N3O4. The van der Waals surface area contributed by atoms with Crippen LogP contribution >= 0.6 is 0 Å². The third-order valence-electron chi connectivity index (χ3n) is 2.39. The summed E-state index contributed by atoms with van der Waals surface area (Å²) in [5.74, 6) is -2.16. The maximum atomic E-state index is 12.8. The predicted molar refractivity (Wildman–Crippen MR) is 55.4 cm³/mol. The molecule has 7 nitrogen and oxygen atoms in total. The summed E-state index contributed by atoms with van der Waals surface area (Å²) in [6, 6.07) is 0. The number of carboxylic acids is 1. The first kappa shape index (κ1) is 14.0. The van der Waals surface area contributed by atoms with Gasteiger partial charge in [0.05, 0.1) is 17.4 Å². The molecule has 0 saturated carbocycles. The van der Waals surface area contributed by atoms with Crippen molar-refractivity contribution < 1.29 is 23.6 Å². The Morgan fingerprint density at radius 2 is 2.17 bits per heavy atom. The van der Waals surface area contributed by atoms with Crippen molar-refractivity contribution in [2.75, 3.05) is 0 Å². The zero-order chi connectivity index (χ0) is 14.0. The van der Waals surface area contributed by atoms with E-state index in [2.05, 4.69) is 5.10 Å². The van der Waals surface area contributed by atoms with Crippen molar-refractivity contribution in [3.63, 3.8) is 0 Å². The van der Waals surface area contributed by atoms with Gasteiger partial charge in [-0.05, 0) is 6.92 Å². The van der Waals surface area contributed by atoms with Crippen LogP contribution in [0, 0.1) is 23.0 Å². The molecular weight excluding hydrogens is 252 g/mol. The molecule has 1 heterocycles. The topological polar surface area (TPSA) is 98.3 Å². The first-order chi connectivity index (χ1) is 8.25. The second-order valence-corrected chi connectivity index (χ2v) is 3.80. The first-order valence-electron chi connectivity index (χ1n) is 4.98. The molecule has 0 aliphatic carbocycles. The molecule has 18 heavy (non-hydrogen) atoms. The van der Waals surface area contributed by atoms with E-state index in [0.717, 1.165) is 0 Å². The molecule has 1 atom stereocenters. The lowest BCUT2D eigenvalue weighted by Gasteiger charge is -2.09. The van der Waals surface area contributed by atoms with Crippen molar-refractivity contribution in [3.05, 3.63) is 21.5 Å². The van der Waals surface area contributed by atoms with E-state index in [0.29, 0.717) is 4.68 Å². The standard InChI is InChI=1S/C9H11F2N3O4/c1-4(9(15)16)3-13-7(8(10)11)6(14(17)18)5(2)12-13/h4,8H,3H2,1-2H3,(H,15,16)/t4-/m0/s1. The second kappa shape index (κ2) is 5.07. The fourth-order valence-electron chi connectivity index (χ4n) is 1.51. The molecule has 0 aliphatic heterocycles. The zero-order valence-corrected chi connectivity index (χ0v) is 9.63. The molecule has 1 aromatic heterocycles. The molecule has 9 heteroatoms. The fraction of sp³-hybridized carbons (Fsp3) is 0.556. The van der Waals surface area contributed by atoms with Crippen LogP contribution < -0.4 is 0 Å². The molecule has 0 fully saturated rings. The summed E-state index contributed by atoms with van der Waals surface area (Å²) in [6.45, 7) is 2.19. The molecule has 0 amide bonds. The Bertz CT molecular complexity index is 486. The van der Waals surface area contributed by atoms with E-state index in [1.807, 2.05) is 0 Å². The van der Waals surface area contributed by atoms with Crippen molar-refractivity contribution in [1.82, 2.24) is 9.78 Å². The fourth-order valence-corrected chi connectivity index (χ4v) is 1.51. The first-order valence-corrected chi connectivity index (χ1v) is 4.98. The van der Waals surface area contributed by atoms with Crippen LogP contribution in [0.4, 0.5) is 14.5 Å². The number of carbonyl (C=O) groups is 1. The smallest absolute Gasteiger partial charge is 0.318 e. The zero-order valence-electron chi connectivity index (χ0n) is 9.63. The van der Waals surface area contributed by atoms with Gasteiger partial charge in [-0.25, -0.2) is 8.78 Å². The number of alkyl halides is 2. The molecule has 0 unspecified atom stereocenters. The number of nitrogens with zero attached hydrogens (tertiary/aromatic N) is 3. The van der Waals surface area contributed by atoms with Gasteiger partial charge < -0.3 is 5.11 Å². The average molecular weight is 263 g/mol. The van der Waals surface area contributed by atoms with Gasteiger partial charge in [-0.3, -0.25) is 19.6 Å². The van der Waals surface area contributed by atoms with Gasteiger partial charge in [0.25, 0.3) is 6.43 Å². The summed E-state index contributed by atoms with van der Waals surface area (Å²) in [5.41, 5.74) is -1.78. The van der Waals surface area contributed by atoms with Crippen LogP contribution in [0.2, 0.25) is 0 Å². The van der Waals surface area contributed by atoms with Crippen LogP contribution in [0.15, 0.2) is 0 Å². The van der Waals surface area contributed by atoms with Crippen LogP contribution in [0.5, 0.6) is 0 Å². The monoisotopic (exact) mass is 263 g/mol. The summed E-state index contributed by atoms with van der Waals surface area (Å²) in [7, 11) is 0. The van der Waals surface area contributed by atoms with Gasteiger partial charge in [-0.1, -0.05) is 6.92 Å². The quantitative estimate of drug-likeness (QED) is 0.644. The van der Waals surface area contributed by atoms with Crippen LogP contribution in [0.3, 0.4) is 0 Å². The molecule has 0 spiro atoms. The lowest BCUT2D eigenvalue weighted by Crippen LogP contribution is -2.19. The van der Waals surface area contributed by atoms with E-state index in [1.54, 1.807) is 0 Å². The van der Waals surface area contributed by atoms with E-state index in [1.165, 1.54) is 13.8 Å². The van der Waals surface area contributed by atoms with Crippen molar-refractivity contribution >= 4 is 11.7 Å². The summed E-state index contributed by atoms with van der Waals surface area (Å²) in [6.07, 6.45) is -3.09. The van der Waals surface area contributed by atoms with Gasteiger partial charge in [0.1, 0.15) is 5.69 Å². The molecule has 0 radical (unpaired) electrons. The Balaban J connectivity index is 3.24. The maximum absolute atomic E-state index is 12.8. The van der Waals surface area contributed by atoms with Gasteiger partial charge in [0.2, 0.25) is 0 Å². The number of nitro groups is 1. The molecule has 1 aromatic rings. The highest BCUT2D eigenvalue weighted by Crippen LogP contribution is 2.31. The van der Waals surface area contributed by atoms with Gasteiger partial charge in [-0.15, -0.1) is 0 Å². The summed E-state index contributed by atoms with van der Waals surface area (Å²) < 4.78 is 26.3. The molecule has 0 aromatic carbocycles. The normalized spacial score (nSPS) is 12.7. The van der Waals surface area contributed by atoms with E-state index in [4.69, 9.17) is 5.11 Å². The Morgan fingerprint density at radius 1 is 1.61 bits per heavy atom. The third kappa shape index (κ3) is 2.60.